The molecule has 0 aromatic carbocycles. The first-order valence-electron chi connectivity index (χ1n) is 8.14. The Kier molecular flexibility index (Phi) is 4.62. The van der Waals surface area contributed by atoms with E-state index in [4.69, 9.17) is 4.74 Å². The lowest BCUT2D eigenvalue weighted by atomic mass is 9.58. The van der Waals surface area contributed by atoms with E-state index in [-0.39, 0.29) is 17.7 Å². The van der Waals surface area contributed by atoms with Gasteiger partial charge < -0.3 is 15.2 Å². The molecule has 3 aliphatic rings. The van der Waals surface area contributed by atoms with Crippen molar-refractivity contribution in [2.24, 2.45) is 23.7 Å². The van der Waals surface area contributed by atoms with Crippen LogP contribution in [0.25, 0.3) is 0 Å². The van der Waals surface area contributed by atoms with Crippen molar-refractivity contribution in [2.75, 3.05) is 12.4 Å². The number of esters is 1. The molecular weight excluding hydrogens is 330 g/mol. The maximum atomic E-state index is 12.8. The molecule has 2 N–H and O–H groups in total. The summed E-state index contributed by atoms with van der Waals surface area (Å²) < 4.78 is 4.75. The Morgan fingerprint density at radius 2 is 1.75 bits per heavy atom. The summed E-state index contributed by atoms with van der Waals surface area (Å²) >= 11 is 1.30. The van der Waals surface area contributed by atoms with Gasteiger partial charge in [0.25, 0.3) is 0 Å². The molecule has 130 valence electrons. The summed E-state index contributed by atoms with van der Waals surface area (Å²) in [6, 6.07) is 1.67. The summed E-state index contributed by atoms with van der Waals surface area (Å²) in [6.45, 7) is 1.84. The Hall–Kier alpha value is -1.89. The Morgan fingerprint density at radius 1 is 1.17 bits per heavy atom. The standard InChI is InChI=1S/C17H21NO5S/c1-8-7-11(17(22)23-2)15(24-8)18-14(19)12-9-3-5-10(6-4-9)13(12)16(20)21/h7,9-10,12-13H,3-6H2,1-2H3,(H,18,19)(H,20,21)/t9?,10?,12-,13+/m1/s1. The highest BCUT2D eigenvalue weighted by molar-refractivity contribution is 7.16. The third kappa shape index (κ3) is 2.92. The van der Waals surface area contributed by atoms with E-state index in [0.717, 1.165) is 30.6 Å². The highest BCUT2D eigenvalue weighted by Gasteiger charge is 2.50. The molecule has 4 rings (SSSR count). The molecule has 24 heavy (non-hydrogen) atoms. The number of aryl methyl sites for hydroxylation is 1. The largest absolute Gasteiger partial charge is 0.481 e. The molecule has 3 aliphatic carbocycles. The predicted octanol–water partition coefficient (Wildman–Crippen LogP) is 2.92. The normalized spacial score (nSPS) is 28.4. The van der Waals surface area contributed by atoms with Gasteiger partial charge in [0.2, 0.25) is 5.91 Å². The molecule has 1 heterocycles. The monoisotopic (exact) mass is 351 g/mol. The summed E-state index contributed by atoms with van der Waals surface area (Å²) in [6.07, 6.45) is 3.58. The molecule has 1 amide bonds. The van der Waals surface area contributed by atoms with Gasteiger partial charge in [-0.15, -0.1) is 11.3 Å². The molecule has 7 heteroatoms. The Morgan fingerprint density at radius 3 is 2.29 bits per heavy atom. The minimum atomic E-state index is -0.889. The number of amides is 1. The number of carbonyl (C=O) groups excluding carboxylic acids is 2. The minimum absolute atomic E-state index is 0.0772. The van der Waals surface area contributed by atoms with Crippen LogP contribution in [0.2, 0.25) is 0 Å². The van der Waals surface area contributed by atoms with Crippen molar-refractivity contribution in [2.45, 2.75) is 32.6 Å². The smallest absolute Gasteiger partial charge is 0.340 e. The van der Waals surface area contributed by atoms with Gasteiger partial charge in [0.05, 0.1) is 24.5 Å². The summed E-state index contributed by atoms with van der Waals surface area (Å²) in [7, 11) is 1.29. The van der Waals surface area contributed by atoms with Gasteiger partial charge in [0.15, 0.2) is 0 Å². The zero-order chi connectivity index (χ0) is 17.4. The number of thiophene rings is 1. The minimum Gasteiger partial charge on any atom is -0.481 e. The lowest BCUT2D eigenvalue weighted by Gasteiger charge is -2.45. The van der Waals surface area contributed by atoms with Crippen LogP contribution in [0, 0.1) is 30.6 Å². The first-order chi connectivity index (χ1) is 11.4. The number of hydrogen-bond donors (Lipinski definition) is 2. The molecule has 2 atom stereocenters. The van der Waals surface area contributed by atoms with Crippen molar-refractivity contribution < 1.29 is 24.2 Å². The molecule has 0 spiro atoms. The van der Waals surface area contributed by atoms with Crippen LogP contribution in [0.3, 0.4) is 0 Å². The second-order valence-corrected chi connectivity index (χ2v) is 7.90. The van der Waals surface area contributed by atoms with Crippen molar-refractivity contribution in [3.63, 3.8) is 0 Å². The quantitative estimate of drug-likeness (QED) is 0.814. The van der Waals surface area contributed by atoms with Gasteiger partial charge >= 0.3 is 11.9 Å². The lowest BCUT2D eigenvalue weighted by molar-refractivity contribution is -0.156. The fraction of sp³-hybridized carbons (Fsp3) is 0.588. The second-order valence-electron chi connectivity index (χ2n) is 6.65. The number of methoxy groups -OCH3 is 1. The molecule has 6 nitrogen and oxygen atoms in total. The number of rotatable bonds is 4. The van der Waals surface area contributed by atoms with Crippen LogP contribution in [0.5, 0.6) is 0 Å². The predicted molar refractivity (Wildman–Crippen MR) is 89.1 cm³/mol. The zero-order valence-corrected chi connectivity index (χ0v) is 14.5. The van der Waals surface area contributed by atoms with Gasteiger partial charge in [-0.25, -0.2) is 4.79 Å². The Bertz CT molecular complexity index is 675. The molecule has 1 aromatic heterocycles. The summed E-state index contributed by atoms with van der Waals surface area (Å²) in [4.78, 5) is 37.2. The highest BCUT2D eigenvalue weighted by atomic mass is 32.1. The summed E-state index contributed by atoms with van der Waals surface area (Å²) in [5, 5.41) is 12.8. The summed E-state index contributed by atoms with van der Waals surface area (Å²) in [5.74, 6) is -2.64. The van der Waals surface area contributed by atoms with Crippen LogP contribution in [0.1, 0.15) is 40.9 Å². The Labute approximate surface area is 144 Å². The van der Waals surface area contributed by atoms with Gasteiger partial charge in [-0.05, 0) is 50.5 Å². The molecule has 0 radical (unpaired) electrons. The van der Waals surface area contributed by atoms with Crippen LogP contribution < -0.4 is 5.32 Å². The first kappa shape index (κ1) is 17.0. The SMILES string of the molecule is COC(=O)c1cc(C)sc1NC(=O)[C@@H]1C2CCC(CC2)[C@@H]1C(=O)O. The molecule has 2 bridgehead atoms. The van der Waals surface area contributed by atoms with Crippen molar-refractivity contribution in [1.29, 1.82) is 0 Å². The number of carboxylic acid groups (broad SMARTS) is 1. The number of nitrogens with one attached hydrogen (secondary N) is 1. The second kappa shape index (κ2) is 6.55. The molecular formula is C17H21NO5S. The average molecular weight is 351 g/mol. The topological polar surface area (TPSA) is 92.7 Å². The number of anilines is 1. The van der Waals surface area contributed by atoms with Crippen molar-refractivity contribution >= 4 is 34.2 Å². The fourth-order valence-corrected chi connectivity index (χ4v) is 5.15. The lowest BCUT2D eigenvalue weighted by Crippen LogP contribution is -2.49. The maximum absolute atomic E-state index is 12.8. The molecule has 0 saturated heterocycles. The van der Waals surface area contributed by atoms with E-state index < -0.39 is 23.8 Å². The highest BCUT2D eigenvalue weighted by Crippen LogP contribution is 2.49. The number of carbonyl (C=O) groups is 3. The fourth-order valence-electron chi connectivity index (χ4n) is 4.25. The number of fused-ring (bicyclic) bond motifs is 3. The number of ether oxygens (including phenoxy) is 1. The zero-order valence-electron chi connectivity index (χ0n) is 13.7. The van der Waals surface area contributed by atoms with E-state index in [1.54, 1.807) is 6.07 Å². The summed E-state index contributed by atoms with van der Waals surface area (Å²) in [5.41, 5.74) is 0.321. The number of hydrogen-bond acceptors (Lipinski definition) is 5. The van der Waals surface area contributed by atoms with Crippen molar-refractivity contribution in [1.82, 2.24) is 0 Å². The number of aliphatic carboxylic acids is 1. The molecule has 1 aromatic rings. The van der Waals surface area contributed by atoms with E-state index in [0.29, 0.717) is 10.6 Å². The van der Waals surface area contributed by atoms with Gasteiger partial charge in [-0.3, -0.25) is 9.59 Å². The van der Waals surface area contributed by atoms with Crippen LogP contribution in [-0.4, -0.2) is 30.1 Å². The van der Waals surface area contributed by atoms with Crippen LogP contribution >= 0.6 is 11.3 Å². The average Bonchev–Trinajstić information content (AvgIpc) is 2.94. The van der Waals surface area contributed by atoms with Gasteiger partial charge in [-0.1, -0.05) is 0 Å². The molecule has 0 unspecified atom stereocenters. The van der Waals surface area contributed by atoms with Gasteiger partial charge in [-0.2, -0.15) is 0 Å². The van der Waals surface area contributed by atoms with E-state index in [1.165, 1.54) is 18.4 Å². The third-order valence-corrected chi connectivity index (χ3v) is 6.27. The molecule has 0 aliphatic heterocycles. The Balaban J connectivity index is 1.84. The van der Waals surface area contributed by atoms with Crippen LogP contribution in [-0.2, 0) is 14.3 Å². The van der Waals surface area contributed by atoms with E-state index in [1.807, 2.05) is 6.92 Å². The van der Waals surface area contributed by atoms with Crippen molar-refractivity contribution in [3.8, 4) is 0 Å². The molecule has 3 saturated carbocycles. The van der Waals surface area contributed by atoms with Crippen LogP contribution in [0.15, 0.2) is 6.07 Å². The van der Waals surface area contributed by atoms with E-state index in [9.17, 15) is 19.5 Å². The third-order valence-electron chi connectivity index (χ3n) is 5.30. The van der Waals surface area contributed by atoms with Gasteiger partial charge in [0, 0.05) is 4.88 Å². The number of carboxylic acids is 1. The van der Waals surface area contributed by atoms with Crippen molar-refractivity contribution in [3.05, 3.63) is 16.5 Å². The van der Waals surface area contributed by atoms with Gasteiger partial charge in [0.1, 0.15) is 5.00 Å². The van der Waals surface area contributed by atoms with E-state index >= 15 is 0 Å². The van der Waals surface area contributed by atoms with Crippen LogP contribution in [0.4, 0.5) is 5.00 Å². The van der Waals surface area contributed by atoms with E-state index in [2.05, 4.69) is 5.32 Å². The molecule has 3 fully saturated rings. The maximum Gasteiger partial charge on any atom is 0.340 e. The first-order valence-corrected chi connectivity index (χ1v) is 8.96.